The average Bonchev–Trinajstić information content (AvgIpc) is 3.66. The van der Waals surface area contributed by atoms with Gasteiger partial charge in [-0.25, -0.2) is 0 Å². The van der Waals surface area contributed by atoms with Crippen LogP contribution in [0.15, 0.2) is 54.6 Å². The summed E-state index contributed by atoms with van der Waals surface area (Å²) in [7, 11) is 5.74. The molecule has 0 N–H and O–H groups in total. The van der Waals surface area contributed by atoms with Gasteiger partial charge in [-0.2, -0.15) is 6.67 Å². The standard InChI is InChI=1S/C27H39N2.C17H8F5NO3.ClH.Ru/c1-18(2)22-11-9-12-23(19(3)4)26(22)28-15-16-29(17-28)27-24(20(5)6)13-10-14-25(27)21(7)8;1-6-4-3-5-8-15(6)26-7(2)16(24)23(8)17(25)9-10(18)12(20)14(22)13(21)11(9)19;;/h9-14,17-21H,15-16H2,1-8H3;1,3-5,7H,2H3;1H;/q-1;;;+1/p-1. The third-order valence-corrected chi connectivity index (χ3v) is 11.2. The molecule has 0 radical (unpaired) electrons. The van der Waals surface area contributed by atoms with Crippen LogP contribution in [0.5, 0.6) is 5.75 Å². The van der Waals surface area contributed by atoms with Gasteiger partial charge in [-0.1, -0.05) is 91.8 Å². The molecule has 4 aromatic rings. The number of hydrogen-bond acceptors (Lipinski definition) is 5. The van der Waals surface area contributed by atoms with Crippen molar-refractivity contribution in [2.45, 2.75) is 92.1 Å². The van der Waals surface area contributed by atoms with Crippen molar-refractivity contribution in [1.29, 1.82) is 0 Å². The molecule has 6 rings (SSSR count). The molecule has 2 heterocycles. The first-order chi connectivity index (χ1) is 26.9. The molecule has 2 aliphatic heterocycles. The predicted molar refractivity (Wildman–Crippen MR) is 214 cm³/mol. The van der Waals surface area contributed by atoms with Gasteiger partial charge in [0.05, 0.1) is 0 Å². The van der Waals surface area contributed by atoms with Crippen molar-refractivity contribution >= 4 is 43.2 Å². The van der Waals surface area contributed by atoms with Crippen molar-refractivity contribution in [3.8, 4) is 5.75 Å². The van der Waals surface area contributed by atoms with Crippen LogP contribution in [-0.4, -0.2) is 35.6 Å². The molecule has 2 aliphatic rings. The Morgan fingerprint density at radius 1 is 0.719 bits per heavy atom. The number of rotatable bonds is 8. The third kappa shape index (κ3) is 8.68. The molecule has 0 bridgehead atoms. The van der Waals surface area contributed by atoms with Crippen LogP contribution in [0.4, 0.5) is 39.0 Å². The Bertz CT molecular complexity index is 2040. The summed E-state index contributed by atoms with van der Waals surface area (Å²) in [5.74, 6) is -12.3. The van der Waals surface area contributed by atoms with E-state index in [1.165, 1.54) is 52.7 Å². The Labute approximate surface area is 343 Å². The normalized spacial score (nSPS) is 15.7. The van der Waals surface area contributed by atoms with Crippen molar-refractivity contribution in [3.63, 3.8) is 0 Å². The van der Waals surface area contributed by atoms with E-state index in [2.05, 4.69) is 108 Å². The molecule has 0 saturated carbocycles. The number of hydrogen-bond donors (Lipinski definition) is 0. The molecule has 57 heavy (non-hydrogen) atoms. The number of benzene rings is 4. The predicted octanol–water partition coefficient (Wildman–Crippen LogP) is 11.3. The van der Waals surface area contributed by atoms with Crippen molar-refractivity contribution in [1.82, 2.24) is 0 Å². The second kappa shape index (κ2) is 18.2. The van der Waals surface area contributed by atoms with Gasteiger partial charge in [-0.05, 0) is 45.9 Å². The summed E-state index contributed by atoms with van der Waals surface area (Å²) in [6.07, 6.45) is -1.25. The van der Waals surface area contributed by atoms with Gasteiger partial charge in [-0.15, -0.1) is 0 Å². The van der Waals surface area contributed by atoms with Crippen LogP contribution in [0.3, 0.4) is 0 Å². The summed E-state index contributed by atoms with van der Waals surface area (Å²) in [6.45, 7) is 24.2. The van der Waals surface area contributed by atoms with E-state index in [1.54, 1.807) is 10.7 Å². The number of fused-ring (bicyclic) bond motifs is 1. The zero-order valence-electron chi connectivity index (χ0n) is 33.3. The first-order valence-corrected chi connectivity index (χ1v) is 22.0. The van der Waals surface area contributed by atoms with E-state index in [1.807, 2.05) is 0 Å². The van der Waals surface area contributed by atoms with Gasteiger partial charge in [0.1, 0.15) is 0 Å². The number of carbonyl (C=O) groups excluding carboxylic acids is 2. The fraction of sp³-hybridized carbons (Fsp3) is 0.364. The van der Waals surface area contributed by atoms with Crippen LogP contribution in [0, 0.1) is 35.8 Å². The Morgan fingerprint density at radius 2 is 1.12 bits per heavy atom. The van der Waals surface area contributed by atoms with Crippen molar-refractivity contribution in [2.24, 2.45) is 0 Å². The van der Waals surface area contributed by atoms with Crippen LogP contribution in [-0.2, 0) is 20.5 Å². The zero-order valence-corrected chi connectivity index (χ0v) is 35.8. The molecule has 0 spiro atoms. The summed E-state index contributed by atoms with van der Waals surface area (Å²) >= 11 is -0.722. The number of nitrogens with zero attached hydrogens (tertiary/aromatic N) is 3. The monoisotopic (exact) mass is 897 g/mol. The van der Waals surface area contributed by atoms with Crippen LogP contribution in [0.25, 0.3) is 0 Å². The number of para-hydroxylation sites is 3. The second-order valence-electron chi connectivity index (χ2n) is 15.2. The summed E-state index contributed by atoms with van der Waals surface area (Å²) in [5.41, 5.74) is 7.15. The van der Waals surface area contributed by atoms with E-state index in [0.717, 1.165) is 13.1 Å². The zero-order chi connectivity index (χ0) is 42.0. The van der Waals surface area contributed by atoms with Gasteiger partial charge in [0.15, 0.2) is 0 Å². The Hall–Kier alpha value is -4.15. The SMILES string of the molecule is CC(C)c1cccc(C(C)C)c1N1[CH-]N(c2c(C(C)C)cccc2C(C)C)CC1.CC1Oc2c([CH]=[Ru][Cl])cccc2N(C(=O)c2c(F)c(F)c(F)c(F)c2F)C1=O. The molecule has 6 nitrogen and oxygen atoms in total. The number of halogens is 6. The van der Waals surface area contributed by atoms with Crippen molar-refractivity contribution in [3.05, 3.63) is 124 Å². The van der Waals surface area contributed by atoms with Crippen LogP contribution < -0.4 is 19.4 Å². The maximum absolute atomic E-state index is 14.1. The minimum absolute atomic E-state index is 0.0294. The maximum atomic E-state index is 14.1. The van der Waals surface area contributed by atoms with Crippen LogP contribution in [0.1, 0.15) is 124 Å². The Morgan fingerprint density at radius 3 is 1.53 bits per heavy atom. The van der Waals surface area contributed by atoms with E-state index < -0.39 is 68.3 Å². The number of anilines is 3. The molecule has 1 saturated heterocycles. The minimum atomic E-state index is -2.41. The average molecular weight is 897 g/mol. The Kier molecular flexibility index (Phi) is 14.0. The first-order valence-electron chi connectivity index (χ1n) is 18.8. The number of ether oxygens (including phenoxy) is 1. The van der Waals surface area contributed by atoms with Gasteiger partial charge < -0.3 is 9.80 Å². The second-order valence-corrected chi connectivity index (χ2v) is 17.0. The fourth-order valence-electron chi connectivity index (χ4n) is 7.14. The molecular weight excluding hydrogens is 850 g/mol. The topological polar surface area (TPSA) is 53.1 Å². The summed E-state index contributed by atoms with van der Waals surface area (Å²) in [4.78, 5) is 30.6. The van der Waals surface area contributed by atoms with Crippen LogP contribution >= 0.6 is 9.69 Å². The molecular formula is C44H47ClF5N3O3Ru-. The molecule has 0 aliphatic carbocycles. The molecule has 13 heteroatoms. The fourth-order valence-corrected chi connectivity index (χ4v) is 8.23. The van der Waals surface area contributed by atoms with Gasteiger partial charge in [0, 0.05) is 24.5 Å². The molecule has 307 valence electrons. The Balaban J connectivity index is 0.000000218. The third-order valence-electron chi connectivity index (χ3n) is 10.0. The molecule has 1 atom stereocenters. The van der Waals surface area contributed by atoms with Gasteiger partial charge in [0.25, 0.3) is 0 Å². The van der Waals surface area contributed by atoms with Gasteiger partial charge in [0.2, 0.25) is 0 Å². The summed E-state index contributed by atoms with van der Waals surface area (Å²) in [6, 6.07) is 17.9. The quantitative estimate of drug-likeness (QED) is 0.0440. The van der Waals surface area contributed by atoms with Crippen molar-refractivity contribution < 1.29 is 52.0 Å². The van der Waals surface area contributed by atoms with Gasteiger partial charge >= 0.3 is 166 Å². The summed E-state index contributed by atoms with van der Waals surface area (Å²) in [5, 5.41) is 0. The molecule has 1 fully saturated rings. The molecule has 4 aromatic carbocycles. The molecule has 0 aromatic heterocycles. The molecule has 2 amide bonds. The number of amides is 2. The first kappa shape index (κ1) is 44.0. The number of imide groups is 1. The molecule has 1 unspecified atom stereocenters. The van der Waals surface area contributed by atoms with E-state index in [0.29, 0.717) is 34.1 Å². The van der Waals surface area contributed by atoms with Crippen molar-refractivity contribution in [2.75, 3.05) is 27.8 Å². The summed E-state index contributed by atoms with van der Waals surface area (Å²) < 4.78 is 75.5. The van der Waals surface area contributed by atoms with E-state index in [4.69, 9.17) is 14.4 Å². The van der Waals surface area contributed by atoms with Crippen LogP contribution in [0.2, 0.25) is 0 Å². The van der Waals surface area contributed by atoms with E-state index >= 15 is 0 Å². The van der Waals surface area contributed by atoms with Gasteiger partial charge in [-0.3, -0.25) is 0 Å². The van der Waals surface area contributed by atoms with E-state index in [-0.39, 0.29) is 11.4 Å². The van der Waals surface area contributed by atoms with E-state index in [9.17, 15) is 31.5 Å². The number of carbonyl (C=O) groups is 2.